The maximum atomic E-state index is 13.4. The topological polar surface area (TPSA) is 217 Å². The molecule has 558 valence electrons. The van der Waals surface area contributed by atoms with Crippen LogP contribution in [0.1, 0.15) is 50.2 Å². The lowest BCUT2D eigenvalue weighted by atomic mass is 10.0. The van der Waals surface area contributed by atoms with Crippen molar-refractivity contribution < 1.29 is 50.5 Å². The zero-order valence-electron chi connectivity index (χ0n) is 59.8. The number of pyridine rings is 9. The molecule has 0 radical (unpaired) electrons. The molecular weight excluding hydrogens is 1430 g/mol. The number of aryl methyl sites for hydroxylation is 1. The molecule has 4 aromatic carbocycles. The fourth-order valence-electron chi connectivity index (χ4n) is 12.7. The number of fused-ring (bicyclic) bond motifs is 10. The van der Waals surface area contributed by atoms with Gasteiger partial charge in [-0.05, 0) is 122 Å². The highest BCUT2D eigenvalue weighted by molar-refractivity contribution is 5.87. The molecule has 16 heterocycles. The monoisotopic (exact) mass is 1500 g/mol. The Morgan fingerprint density at radius 3 is 1.41 bits per heavy atom. The number of hydrogen-bond acceptors (Lipinski definition) is 23. The summed E-state index contributed by atoms with van der Waals surface area (Å²) in [6, 6.07) is 54.2. The van der Waals surface area contributed by atoms with Gasteiger partial charge in [0.15, 0.2) is 51.0 Å². The SMILES string of the molecule is Cc1ccc2ccc3c(c2n1)OCN(c1ccc(F)c(F)c1)C3.FC(F)(F)c1cccc(N2Cc3ccc4cccnc4c3CO2)c1.c1cnc(N2COc3ncccc3C2)nc1.c1cnc2c(c1)CN(c1ccncc1)CO2.c1cnc2c(c1)CN(c1ccncc1)CO2.c1cncc(N2COc3ncccc3C2)c1. The van der Waals surface area contributed by atoms with Crippen LogP contribution in [0.5, 0.6) is 29.3 Å². The first-order chi connectivity index (χ1) is 54.4. The van der Waals surface area contributed by atoms with Crippen molar-refractivity contribution in [3.63, 3.8) is 0 Å². The molecule has 0 bridgehead atoms. The lowest BCUT2D eigenvalue weighted by molar-refractivity contribution is -0.137. The van der Waals surface area contributed by atoms with Crippen LogP contribution in [-0.4, -0.2) is 88.5 Å². The predicted molar refractivity (Wildman–Crippen MR) is 407 cm³/mol. The first-order valence-electron chi connectivity index (χ1n) is 35.3. The average molecular weight is 1500 g/mol. The lowest BCUT2D eigenvalue weighted by Gasteiger charge is -2.31. The van der Waals surface area contributed by atoms with E-state index in [1.165, 1.54) is 17.2 Å². The summed E-state index contributed by atoms with van der Waals surface area (Å²) in [5.74, 6) is 2.67. The van der Waals surface area contributed by atoms with Crippen LogP contribution in [0.25, 0.3) is 21.8 Å². The van der Waals surface area contributed by atoms with Crippen molar-refractivity contribution in [2.75, 3.05) is 63.2 Å². The fourth-order valence-corrected chi connectivity index (χ4v) is 12.7. The van der Waals surface area contributed by atoms with Crippen molar-refractivity contribution in [1.82, 2.24) is 54.8 Å². The summed E-state index contributed by atoms with van der Waals surface area (Å²) in [6.07, 6.45) is 18.5. The standard InChI is InChI=1S/C18H13F3N2O.C18H14F2N2O.3C12H11N3O.C11H10N4O/c19-18(20,21)14-4-1-5-15(9-14)23-10-13-7-6-12-3-2-8-22-17(12)16(13)11-24-23;1-11-2-3-12-4-5-13-9-22(10-23-18(13)17(12)21-11)14-6-7-15(19)16(20)8-14;1-3-10-8-15(9-16-12(10)14-6-1)11-4-2-5-13-7-11;2*1-2-10-8-15(9-16-12(10)14-5-1)11-3-6-13-7-4-11;1-3-9-7-15(8-16-10(9)12-4-1)11-13-5-2-6-14-11/h1-9H,10-11H2;2-8H,9-10H2,1H3;3*1-7H,8-9H2;1-6H,7-8H2. The van der Waals surface area contributed by atoms with E-state index >= 15 is 0 Å². The van der Waals surface area contributed by atoms with Gasteiger partial charge < -0.3 is 48.2 Å². The first-order valence-corrected chi connectivity index (χ1v) is 35.3. The molecule has 0 saturated carbocycles. The summed E-state index contributed by atoms with van der Waals surface area (Å²) in [4.78, 5) is 62.1. The molecule has 0 spiro atoms. The van der Waals surface area contributed by atoms with Crippen LogP contribution in [0.2, 0.25) is 0 Å². The highest BCUT2D eigenvalue weighted by Crippen LogP contribution is 2.38. The number of nitrogens with zero attached hydrogens (tertiary/aromatic N) is 17. The lowest BCUT2D eigenvalue weighted by Crippen LogP contribution is -2.33. The maximum Gasteiger partial charge on any atom is 0.416 e. The Morgan fingerprint density at radius 1 is 0.351 bits per heavy atom. The van der Waals surface area contributed by atoms with Crippen molar-refractivity contribution in [3.8, 4) is 29.3 Å². The zero-order valence-corrected chi connectivity index (χ0v) is 59.8. The van der Waals surface area contributed by atoms with Gasteiger partial charge >= 0.3 is 6.18 Å². The van der Waals surface area contributed by atoms with E-state index in [1.54, 1.807) is 92.6 Å². The van der Waals surface area contributed by atoms with Gasteiger partial charge in [0, 0.05) is 154 Å². The average Bonchev–Trinajstić information content (AvgIpc) is 0.782. The molecule has 6 aliphatic rings. The van der Waals surface area contributed by atoms with Crippen molar-refractivity contribution >= 4 is 56.2 Å². The Bertz CT molecular complexity index is 5120. The largest absolute Gasteiger partial charge is 0.470 e. The van der Waals surface area contributed by atoms with Gasteiger partial charge in [0.25, 0.3) is 0 Å². The number of halogens is 5. The summed E-state index contributed by atoms with van der Waals surface area (Å²) in [7, 11) is 0. The molecule has 0 unspecified atom stereocenters. The fraction of sp³-hybridized carbons (Fsp3) is 0.169. The molecule has 0 amide bonds. The predicted octanol–water partition coefficient (Wildman–Crippen LogP) is 15.6. The minimum absolute atomic E-state index is 0.271. The molecule has 23 nitrogen and oxygen atoms in total. The van der Waals surface area contributed by atoms with E-state index in [1.807, 2.05) is 156 Å². The quantitative estimate of drug-likeness (QED) is 0.141. The number of benzene rings is 4. The first kappa shape index (κ1) is 72.8. The van der Waals surface area contributed by atoms with Gasteiger partial charge in [0.2, 0.25) is 29.5 Å². The van der Waals surface area contributed by atoms with Gasteiger partial charge in [-0.1, -0.05) is 66.7 Å². The molecule has 10 aromatic heterocycles. The Morgan fingerprint density at radius 2 is 0.838 bits per heavy atom. The zero-order chi connectivity index (χ0) is 75.9. The molecule has 0 fully saturated rings. The summed E-state index contributed by atoms with van der Waals surface area (Å²) in [6.45, 7) is 8.66. The second kappa shape index (κ2) is 34.0. The number of anilines is 6. The summed E-state index contributed by atoms with van der Waals surface area (Å²) < 4.78 is 93.3. The summed E-state index contributed by atoms with van der Waals surface area (Å²) in [5.41, 5.74) is 13.6. The molecule has 111 heavy (non-hydrogen) atoms. The van der Waals surface area contributed by atoms with Gasteiger partial charge in [-0.3, -0.25) is 24.8 Å². The smallest absolute Gasteiger partial charge is 0.416 e. The molecular formula is C83H70F5N17O6. The van der Waals surface area contributed by atoms with Crippen LogP contribution in [0, 0.1) is 18.6 Å². The van der Waals surface area contributed by atoms with E-state index in [2.05, 4.69) is 69.5 Å². The van der Waals surface area contributed by atoms with E-state index < -0.39 is 23.4 Å². The second-order valence-corrected chi connectivity index (χ2v) is 25.7. The molecule has 6 aliphatic heterocycles. The van der Waals surface area contributed by atoms with Crippen molar-refractivity contribution in [2.45, 2.75) is 59.0 Å². The Balaban J connectivity index is 0.000000107. The maximum absolute atomic E-state index is 13.4. The van der Waals surface area contributed by atoms with Crippen molar-refractivity contribution in [1.29, 1.82) is 0 Å². The van der Waals surface area contributed by atoms with Gasteiger partial charge in [-0.15, -0.1) is 0 Å². The highest BCUT2D eigenvalue weighted by atomic mass is 19.4. The summed E-state index contributed by atoms with van der Waals surface area (Å²) in [5, 5.41) is 3.54. The van der Waals surface area contributed by atoms with Crippen LogP contribution in [-0.2, 0) is 56.9 Å². The summed E-state index contributed by atoms with van der Waals surface area (Å²) >= 11 is 0. The number of aromatic nitrogens is 11. The minimum atomic E-state index is -4.37. The van der Waals surface area contributed by atoms with Crippen molar-refractivity contribution in [3.05, 3.63) is 324 Å². The molecule has 0 saturated heterocycles. The molecule has 0 atom stereocenters. The van der Waals surface area contributed by atoms with E-state index in [-0.39, 0.29) is 13.3 Å². The van der Waals surface area contributed by atoms with E-state index in [4.69, 9.17) is 28.5 Å². The Kier molecular flexibility index (Phi) is 22.3. The van der Waals surface area contributed by atoms with Crippen molar-refractivity contribution in [2.24, 2.45) is 0 Å². The third kappa shape index (κ3) is 17.8. The number of alkyl halides is 3. The molecule has 0 N–H and O–H groups in total. The number of ether oxygens (including phenoxy) is 5. The van der Waals surface area contributed by atoms with Gasteiger partial charge in [-0.25, -0.2) is 48.7 Å². The van der Waals surface area contributed by atoms with Crippen LogP contribution >= 0.6 is 0 Å². The van der Waals surface area contributed by atoms with E-state index in [0.29, 0.717) is 63.2 Å². The second-order valence-electron chi connectivity index (χ2n) is 25.7. The normalized spacial score (nSPS) is 14.2. The van der Waals surface area contributed by atoms with E-state index in [0.717, 1.165) is 151 Å². The van der Waals surface area contributed by atoms with Gasteiger partial charge in [0.05, 0.1) is 61.4 Å². The Hall–Kier alpha value is -13.8. The van der Waals surface area contributed by atoms with Crippen LogP contribution in [0.3, 0.4) is 0 Å². The minimum Gasteiger partial charge on any atom is -0.470 e. The Labute approximate surface area is 634 Å². The third-order valence-corrected chi connectivity index (χ3v) is 18.3. The molecule has 14 aromatic rings. The highest BCUT2D eigenvalue weighted by Gasteiger charge is 2.32. The van der Waals surface area contributed by atoms with Gasteiger partial charge in [0.1, 0.15) is 12.1 Å². The third-order valence-electron chi connectivity index (χ3n) is 18.3. The van der Waals surface area contributed by atoms with Crippen LogP contribution < -0.4 is 53.2 Å². The molecule has 28 heteroatoms. The van der Waals surface area contributed by atoms with Gasteiger partial charge in [-0.2, -0.15) is 13.2 Å². The number of hydrogen-bond donors (Lipinski definition) is 0. The van der Waals surface area contributed by atoms with Crippen LogP contribution in [0.15, 0.2) is 263 Å². The van der Waals surface area contributed by atoms with Crippen LogP contribution in [0.4, 0.5) is 56.3 Å². The molecule has 20 rings (SSSR count). The van der Waals surface area contributed by atoms with E-state index in [9.17, 15) is 22.0 Å². The molecule has 0 aliphatic carbocycles. The number of hydroxylamine groups is 1. The number of rotatable bonds is 6.